The van der Waals surface area contributed by atoms with E-state index < -0.39 is 7.26 Å². The maximum Gasteiger partial charge on any atom is 0.0594 e. The molecule has 0 rings (SSSR count). The van der Waals surface area contributed by atoms with Gasteiger partial charge in [-0.2, -0.15) is 0 Å². The van der Waals surface area contributed by atoms with Crippen molar-refractivity contribution in [2.24, 2.45) is 0 Å². The molecule has 0 radical (unpaired) electrons. The van der Waals surface area contributed by atoms with E-state index in [2.05, 4.69) is 27.7 Å². The van der Waals surface area contributed by atoms with E-state index in [1.54, 1.807) is 37.5 Å². The van der Waals surface area contributed by atoms with Crippen LogP contribution in [0.3, 0.4) is 0 Å². The van der Waals surface area contributed by atoms with Crippen LogP contribution in [0, 0.1) is 0 Å². The monoisotopic (exact) mass is 450 g/mol. The highest BCUT2D eigenvalue weighted by Gasteiger charge is 2.34. The third-order valence-corrected chi connectivity index (χ3v) is 11.0. The van der Waals surface area contributed by atoms with E-state index in [0.29, 0.717) is 0 Å². The van der Waals surface area contributed by atoms with Gasteiger partial charge in [-0.1, -0.05) is 91.9 Å². The quantitative estimate of drug-likeness (QED) is 0.150. The SMILES string of the molecule is CCCCCCC[P+](CCCCC)(CCCCC)CCCCCCC.[Br-]. The highest BCUT2D eigenvalue weighted by atomic mass is 79.9. The molecule has 0 aliphatic carbocycles. The Balaban J connectivity index is 0. The number of halogens is 1. The molecular formula is C24H52BrP. The molecule has 0 aromatic carbocycles. The van der Waals surface area contributed by atoms with Gasteiger partial charge >= 0.3 is 0 Å². The van der Waals surface area contributed by atoms with E-state index in [4.69, 9.17) is 0 Å². The van der Waals surface area contributed by atoms with Gasteiger partial charge in [-0.25, -0.2) is 0 Å². The molecule has 0 bridgehead atoms. The minimum atomic E-state index is -0.653. The van der Waals surface area contributed by atoms with E-state index in [0.717, 1.165) is 0 Å². The second-order valence-electron chi connectivity index (χ2n) is 8.48. The van der Waals surface area contributed by atoms with E-state index in [-0.39, 0.29) is 17.0 Å². The molecule has 160 valence electrons. The van der Waals surface area contributed by atoms with Crippen LogP contribution in [0.4, 0.5) is 0 Å². The van der Waals surface area contributed by atoms with Crippen LogP contribution < -0.4 is 17.0 Å². The van der Waals surface area contributed by atoms with Crippen molar-refractivity contribution in [2.45, 2.75) is 130 Å². The predicted octanol–water partition coefficient (Wildman–Crippen LogP) is 6.33. The summed E-state index contributed by atoms with van der Waals surface area (Å²) in [5, 5.41) is 0. The first kappa shape index (κ1) is 29.1. The first-order valence-corrected chi connectivity index (χ1v) is 14.6. The molecule has 0 aromatic heterocycles. The predicted molar refractivity (Wildman–Crippen MR) is 123 cm³/mol. The summed E-state index contributed by atoms with van der Waals surface area (Å²) in [5.74, 6) is 0. The number of rotatable bonds is 20. The van der Waals surface area contributed by atoms with E-state index >= 15 is 0 Å². The molecule has 0 nitrogen and oxygen atoms in total. The Morgan fingerprint density at radius 3 is 0.885 bits per heavy atom. The summed E-state index contributed by atoms with van der Waals surface area (Å²) < 4.78 is 0. The van der Waals surface area contributed by atoms with Crippen molar-refractivity contribution < 1.29 is 17.0 Å². The Bertz CT molecular complexity index is 229. The average Bonchev–Trinajstić information content (AvgIpc) is 2.62. The molecule has 0 heterocycles. The van der Waals surface area contributed by atoms with Gasteiger partial charge < -0.3 is 17.0 Å². The Hall–Kier alpha value is 0.910. The topological polar surface area (TPSA) is 0 Å². The molecule has 0 fully saturated rings. The first-order chi connectivity index (χ1) is 12.2. The van der Waals surface area contributed by atoms with Crippen LogP contribution in [-0.4, -0.2) is 24.6 Å². The highest BCUT2D eigenvalue weighted by molar-refractivity contribution is 7.75. The molecule has 0 aliphatic rings. The molecule has 0 atom stereocenters. The van der Waals surface area contributed by atoms with Crippen LogP contribution in [0.1, 0.15) is 130 Å². The van der Waals surface area contributed by atoms with Crippen molar-refractivity contribution in [1.29, 1.82) is 0 Å². The number of hydrogen-bond donors (Lipinski definition) is 0. The Morgan fingerprint density at radius 1 is 0.346 bits per heavy atom. The zero-order valence-corrected chi connectivity index (χ0v) is 21.4. The lowest BCUT2D eigenvalue weighted by Crippen LogP contribution is -3.00. The maximum absolute atomic E-state index is 2.37. The molecule has 0 amide bonds. The summed E-state index contributed by atoms with van der Waals surface area (Å²) in [5.41, 5.74) is 0. The summed E-state index contributed by atoms with van der Waals surface area (Å²) in [4.78, 5) is 0. The van der Waals surface area contributed by atoms with Gasteiger partial charge in [0.25, 0.3) is 0 Å². The lowest BCUT2D eigenvalue weighted by atomic mass is 10.2. The van der Waals surface area contributed by atoms with Crippen molar-refractivity contribution in [3.05, 3.63) is 0 Å². The molecule has 26 heavy (non-hydrogen) atoms. The van der Waals surface area contributed by atoms with Crippen molar-refractivity contribution in [3.8, 4) is 0 Å². The fourth-order valence-electron chi connectivity index (χ4n) is 4.17. The molecule has 2 heteroatoms. The average molecular weight is 452 g/mol. The normalized spacial score (nSPS) is 11.5. The van der Waals surface area contributed by atoms with E-state index in [9.17, 15) is 0 Å². The van der Waals surface area contributed by atoms with Gasteiger partial charge in [0.15, 0.2) is 0 Å². The lowest BCUT2D eigenvalue weighted by molar-refractivity contribution is -0.00000580. The van der Waals surface area contributed by atoms with E-state index in [1.165, 1.54) is 89.9 Å². The summed E-state index contributed by atoms with van der Waals surface area (Å²) in [6, 6.07) is 0. The Morgan fingerprint density at radius 2 is 0.577 bits per heavy atom. The van der Waals surface area contributed by atoms with Crippen molar-refractivity contribution in [2.75, 3.05) is 24.6 Å². The van der Waals surface area contributed by atoms with Gasteiger partial charge in [0.1, 0.15) is 0 Å². The van der Waals surface area contributed by atoms with Crippen molar-refractivity contribution in [1.82, 2.24) is 0 Å². The van der Waals surface area contributed by atoms with Gasteiger partial charge in [0.05, 0.1) is 24.6 Å². The number of unbranched alkanes of at least 4 members (excludes halogenated alkanes) is 12. The van der Waals surface area contributed by atoms with Crippen LogP contribution >= 0.6 is 7.26 Å². The van der Waals surface area contributed by atoms with Crippen LogP contribution in [-0.2, 0) is 0 Å². The van der Waals surface area contributed by atoms with Gasteiger partial charge in [0.2, 0.25) is 0 Å². The smallest absolute Gasteiger partial charge is 0.0594 e. The van der Waals surface area contributed by atoms with Gasteiger partial charge in [-0.05, 0) is 38.5 Å². The first-order valence-electron chi connectivity index (χ1n) is 12.1. The largest absolute Gasteiger partial charge is 1.00 e. The fourth-order valence-corrected chi connectivity index (χ4v) is 9.09. The van der Waals surface area contributed by atoms with Crippen LogP contribution in [0.25, 0.3) is 0 Å². The fraction of sp³-hybridized carbons (Fsp3) is 1.00. The second-order valence-corrected chi connectivity index (χ2v) is 13.0. The van der Waals surface area contributed by atoms with Crippen LogP contribution in [0.15, 0.2) is 0 Å². The highest BCUT2D eigenvalue weighted by Crippen LogP contribution is 2.61. The van der Waals surface area contributed by atoms with Gasteiger partial charge in [-0.3, -0.25) is 0 Å². The van der Waals surface area contributed by atoms with Gasteiger partial charge in [-0.15, -0.1) is 0 Å². The summed E-state index contributed by atoms with van der Waals surface area (Å²) >= 11 is 0. The molecule has 0 saturated heterocycles. The number of hydrogen-bond acceptors (Lipinski definition) is 0. The Labute approximate surface area is 179 Å². The Kier molecular flexibility index (Phi) is 24.9. The molecule has 0 saturated carbocycles. The summed E-state index contributed by atoms with van der Waals surface area (Å²) in [7, 11) is -0.653. The molecule has 0 unspecified atom stereocenters. The zero-order valence-electron chi connectivity index (χ0n) is 19.0. The third kappa shape index (κ3) is 17.0. The minimum absolute atomic E-state index is 0. The van der Waals surface area contributed by atoms with Crippen molar-refractivity contribution in [3.63, 3.8) is 0 Å². The van der Waals surface area contributed by atoms with E-state index in [1.807, 2.05) is 0 Å². The van der Waals surface area contributed by atoms with Crippen LogP contribution in [0.5, 0.6) is 0 Å². The second kappa shape index (κ2) is 22.2. The summed E-state index contributed by atoms with van der Waals surface area (Å²) in [6.07, 6.45) is 30.1. The standard InChI is InChI=1S/C24H52P.BrH/c1-5-9-13-15-19-23-25(21-17-11-7-3,22-18-12-8-4)24-20-16-14-10-6-2;/h5-24H2,1-4H3;1H/q+1;/p-1. The van der Waals surface area contributed by atoms with Crippen molar-refractivity contribution >= 4 is 7.26 Å². The third-order valence-electron chi connectivity index (χ3n) is 5.94. The molecule has 0 aliphatic heterocycles. The maximum atomic E-state index is 2.37. The minimum Gasteiger partial charge on any atom is -1.00 e. The zero-order chi connectivity index (χ0) is 18.6. The molecule has 0 N–H and O–H groups in total. The molecular weight excluding hydrogens is 399 g/mol. The molecule has 0 aromatic rings. The van der Waals surface area contributed by atoms with Gasteiger partial charge in [0, 0.05) is 7.26 Å². The van der Waals surface area contributed by atoms with Crippen LogP contribution in [0.2, 0.25) is 0 Å². The summed E-state index contributed by atoms with van der Waals surface area (Å²) in [6.45, 7) is 9.41. The molecule has 0 spiro atoms. The lowest BCUT2D eigenvalue weighted by Gasteiger charge is -2.28.